The van der Waals surface area contributed by atoms with E-state index < -0.39 is 0 Å². The van der Waals surface area contributed by atoms with Crippen molar-refractivity contribution in [2.45, 2.75) is 25.7 Å². The number of hydrogen-bond acceptors (Lipinski definition) is 1. The third-order valence-corrected chi connectivity index (χ3v) is 5.38. The molecule has 132 valence electrons. The zero-order valence-electron chi connectivity index (χ0n) is 15.4. The van der Waals surface area contributed by atoms with Gasteiger partial charge in [-0.1, -0.05) is 12.8 Å². The fourth-order valence-electron chi connectivity index (χ4n) is 3.71. The van der Waals surface area contributed by atoms with Crippen molar-refractivity contribution in [3.05, 3.63) is 73.3 Å². The van der Waals surface area contributed by atoms with E-state index in [4.69, 9.17) is 0 Å². The average Bonchev–Trinajstić information content (AvgIpc) is 3.21. The van der Waals surface area contributed by atoms with Gasteiger partial charge in [0.1, 0.15) is 7.05 Å². The van der Waals surface area contributed by atoms with E-state index in [0.717, 1.165) is 12.5 Å². The zero-order chi connectivity index (χ0) is 17.8. The number of nitrogens with one attached hydrogen (secondary N) is 1. The van der Waals surface area contributed by atoms with Crippen LogP contribution in [0.4, 0.5) is 5.69 Å². The lowest BCUT2D eigenvalue weighted by molar-refractivity contribution is -0.671. The molecule has 1 aliphatic rings. The number of aromatic nitrogens is 2. The van der Waals surface area contributed by atoms with Gasteiger partial charge in [-0.05, 0) is 42.0 Å². The Hall–Kier alpha value is -2.68. The van der Waals surface area contributed by atoms with Crippen LogP contribution in [0, 0.1) is 5.92 Å². The Morgan fingerprint density at radius 3 is 2.00 bits per heavy atom. The van der Waals surface area contributed by atoms with Crippen LogP contribution in [0.3, 0.4) is 0 Å². The lowest BCUT2D eigenvalue weighted by atomic mass is 10.1. The second-order valence-corrected chi connectivity index (χ2v) is 7.32. The standard InChI is InChI=1S/C23H26N3/c1-25-14-10-20(11-15-25)21-12-16-26(17-13-21)23-8-6-22(7-9-23)24-18-19-4-2-3-5-19/h6-17,19H,2-5,18H2,1H3/q+1/p+1. The first kappa shape index (κ1) is 16.8. The van der Waals surface area contributed by atoms with Gasteiger partial charge >= 0.3 is 0 Å². The Labute approximate surface area is 156 Å². The Morgan fingerprint density at radius 2 is 1.38 bits per heavy atom. The van der Waals surface area contributed by atoms with Crippen LogP contribution in [-0.2, 0) is 7.05 Å². The highest BCUT2D eigenvalue weighted by molar-refractivity contribution is 5.61. The number of nitrogens with zero attached hydrogens (tertiary/aromatic N) is 2. The lowest BCUT2D eigenvalue weighted by Crippen LogP contribution is -2.29. The van der Waals surface area contributed by atoms with Crippen LogP contribution in [0.2, 0.25) is 0 Å². The molecule has 1 saturated carbocycles. The molecule has 0 aliphatic heterocycles. The normalized spacial score (nSPS) is 14.5. The first-order valence-corrected chi connectivity index (χ1v) is 9.59. The molecule has 1 fully saturated rings. The maximum absolute atomic E-state index is 3.59. The second-order valence-electron chi connectivity index (χ2n) is 7.32. The van der Waals surface area contributed by atoms with Gasteiger partial charge in [-0.25, -0.2) is 4.57 Å². The Kier molecular flexibility index (Phi) is 4.96. The average molecular weight is 345 g/mol. The summed E-state index contributed by atoms with van der Waals surface area (Å²) in [6.45, 7) is 1.11. The first-order valence-electron chi connectivity index (χ1n) is 9.59. The van der Waals surface area contributed by atoms with Gasteiger partial charge < -0.3 is 5.32 Å². The largest absolute Gasteiger partial charge is 0.385 e. The van der Waals surface area contributed by atoms with E-state index in [9.17, 15) is 0 Å². The van der Waals surface area contributed by atoms with E-state index in [2.05, 4.69) is 87.8 Å². The Balaban J connectivity index is 1.42. The molecule has 3 aromatic rings. The minimum Gasteiger partial charge on any atom is -0.385 e. The van der Waals surface area contributed by atoms with E-state index in [1.54, 1.807) is 0 Å². The van der Waals surface area contributed by atoms with Crippen molar-refractivity contribution < 1.29 is 9.13 Å². The molecule has 0 radical (unpaired) electrons. The summed E-state index contributed by atoms with van der Waals surface area (Å²) in [5.74, 6) is 0.858. The third-order valence-electron chi connectivity index (χ3n) is 5.38. The van der Waals surface area contributed by atoms with Gasteiger partial charge in [0.05, 0.1) is 0 Å². The number of benzene rings is 1. The predicted molar refractivity (Wildman–Crippen MR) is 105 cm³/mol. The van der Waals surface area contributed by atoms with Crippen molar-refractivity contribution in [3.8, 4) is 16.8 Å². The number of anilines is 1. The van der Waals surface area contributed by atoms with Crippen molar-refractivity contribution in [1.82, 2.24) is 0 Å². The zero-order valence-corrected chi connectivity index (χ0v) is 15.4. The molecule has 0 saturated heterocycles. The molecule has 3 heteroatoms. The highest BCUT2D eigenvalue weighted by atomic mass is 14.9. The van der Waals surface area contributed by atoms with E-state index in [1.165, 1.54) is 48.2 Å². The van der Waals surface area contributed by atoms with Crippen LogP contribution in [-0.4, -0.2) is 6.54 Å². The monoisotopic (exact) mass is 345 g/mol. The summed E-state index contributed by atoms with van der Waals surface area (Å²) >= 11 is 0. The fraction of sp³-hybridized carbons (Fsp3) is 0.304. The predicted octanol–water partition coefficient (Wildman–Crippen LogP) is 4.06. The molecular weight excluding hydrogens is 318 g/mol. The minimum absolute atomic E-state index is 0.858. The fourth-order valence-corrected chi connectivity index (χ4v) is 3.71. The Bertz CT molecular complexity index is 830. The maximum Gasteiger partial charge on any atom is 0.210 e. The van der Waals surface area contributed by atoms with E-state index in [1.807, 2.05) is 7.05 Å². The van der Waals surface area contributed by atoms with Crippen LogP contribution < -0.4 is 14.5 Å². The van der Waals surface area contributed by atoms with Gasteiger partial charge in [-0.15, -0.1) is 0 Å². The molecule has 0 amide bonds. The van der Waals surface area contributed by atoms with Gasteiger partial charge in [0.15, 0.2) is 24.8 Å². The van der Waals surface area contributed by atoms with Crippen LogP contribution in [0.15, 0.2) is 73.3 Å². The number of pyridine rings is 2. The molecule has 0 spiro atoms. The lowest BCUT2D eigenvalue weighted by Gasteiger charge is -2.11. The number of rotatable bonds is 5. The molecule has 0 bridgehead atoms. The molecule has 2 heterocycles. The number of aryl methyl sites for hydroxylation is 1. The van der Waals surface area contributed by atoms with Crippen LogP contribution in [0.1, 0.15) is 25.7 Å². The topological polar surface area (TPSA) is 19.8 Å². The van der Waals surface area contributed by atoms with Crippen LogP contribution >= 0.6 is 0 Å². The van der Waals surface area contributed by atoms with Crippen LogP contribution in [0.5, 0.6) is 0 Å². The molecule has 1 N–H and O–H groups in total. The van der Waals surface area contributed by atoms with Crippen molar-refractivity contribution >= 4 is 5.69 Å². The summed E-state index contributed by atoms with van der Waals surface area (Å²) in [6, 6.07) is 17.3. The summed E-state index contributed by atoms with van der Waals surface area (Å²) in [5, 5.41) is 3.59. The second kappa shape index (κ2) is 7.69. The molecule has 4 rings (SSSR count). The van der Waals surface area contributed by atoms with Crippen LogP contribution in [0.25, 0.3) is 16.8 Å². The number of hydrogen-bond donors (Lipinski definition) is 1. The van der Waals surface area contributed by atoms with Gasteiger partial charge in [0.25, 0.3) is 0 Å². The highest BCUT2D eigenvalue weighted by Gasteiger charge is 2.14. The summed E-state index contributed by atoms with van der Waals surface area (Å²) in [7, 11) is 2.04. The molecule has 1 aromatic carbocycles. The highest BCUT2D eigenvalue weighted by Crippen LogP contribution is 2.25. The van der Waals surface area contributed by atoms with Gasteiger partial charge in [0.2, 0.25) is 5.69 Å². The van der Waals surface area contributed by atoms with Gasteiger partial charge in [-0.2, -0.15) is 4.57 Å². The van der Waals surface area contributed by atoms with E-state index >= 15 is 0 Å². The summed E-state index contributed by atoms with van der Waals surface area (Å²) in [5.41, 5.74) is 4.87. The van der Waals surface area contributed by atoms with Crippen molar-refractivity contribution in [2.24, 2.45) is 13.0 Å². The van der Waals surface area contributed by atoms with Crippen molar-refractivity contribution in [2.75, 3.05) is 11.9 Å². The molecule has 3 nitrogen and oxygen atoms in total. The molecule has 0 atom stereocenters. The summed E-state index contributed by atoms with van der Waals surface area (Å²) < 4.78 is 4.21. The Morgan fingerprint density at radius 1 is 0.808 bits per heavy atom. The van der Waals surface area contributed by atoms with Crippen molar-refractivity contribution in [3.63, 3.8) is 0 Å². The summed E-state index contributed by atoms with van der Waals surface area (Å²) in [6.07, 6.45) is 14.0. The molecule has 2 aromatic heterocycles. The molecule has 26 heavy (non-hydrogen) atoms. The van der Waals surface area contributed by atoms with Gasteiger partial charge in [0, 0.05) is 48.6 Å². The minimum atomic E-state index is 0.858. The molecular formula is C23H27N3+2. The quantitative estimate of drug-likeness (QED) is 0.691. The molecule has 1 aliphatic carbocycles. The smallest absolute Gasteiger partial charge is 0.210 e. The maximum atomic E-state index is 3.59. The molecule has 0 unspecified atom stereocenters. The SMILES string of the molecule is C[n+]1ccc(-c2cc[n+](-c3ccc(NCC4CCCC4)cc3)cc2)cc1. The third kappa shape index (κ3) is 3.93. The summed E-state index contributed by atoms with van der Waals surface area (Å²) in [4.78, 5) is 0. The van der Waals surface area contributed by atoms with E-state index in [0.29, 0.717) is 0 Å². The van der Waals surface area contributed by atoms with Crippen molar-refractivity contribution in [1.29, 1.82) is 0 Å². The first-order chi connectivity index (χ1) is 12.8. The van der Waals surface area contributed by atoms with Gasteiger partial charge in [-0.3, -0.25) is 0 Å². The van der Waals surface area contributed by atoms with E-state index in [-0.39, 0.29) is 0 Å².